The summed E-state index contributed by atoms with van der Waals surface area (Å²) in [5.74, 6) is 0.0660. The van der Waals surface area contributed by atoms with E-state index < -0.39 is 11.1 Å². The van der Waals surface area contributed by atoms with Gasteiger partial charge in [0.05, 0.1) is 17.6 Å². The first-order valence-electron chi connectivity index (χ1n) is 12.0. The molecule has 0 fully saturated rings. The Balaban J connectivity index is 3.07. The second-order valence-corrected chi connectivity index (χ2v) is 10.1. The van der Waals surface area contributed by atoms with Crippen molar-refractivity contribution in [3.63, 3.8) is 0 Å². The summed E-state index contributed by atoms with van der Waals surface area (Å²) in [6.07, 6.45) is 8.09. The van der Waals surface area contributed by atoms with E-state index in [1.807, 2.05) is 53.7 Å². The number of Topliss-reactive ketones (excluding diaryl/α,β-unsaturated/α-hetero) is 2. The number of amides is 1. The largest absolute Gasteiger partial charge is 0.445 e. The van der Waals surface area contributed by atoms with Crippen molar-refractivity contribution in [3.8, 4) is 0 Å². The Labute approximate surface area is 194 Å². The molecule has 0 aromatic rings. The van der Waals surface area contributed by atoms with Crippen molar-refractivity contribution in [1.82, 2.24) is 15.5 Å². The first kappa shape index (κ1) is 28.3. The minimum absolute atomic E-state index is 0.0308. The lowest BCUT2D eigenvalue weighted by molar-refractivity contribution is -0.129. The number of carbonyl (C=O) groups excluding carboxylic acids is 3. The maximum Gasteiger partial charge on any atom is 0.409 e. The van der Waals surface area contributed by atoms with E-state index in [1.165, 1.54) is 0 Å². The normalized spacial score (nSPS) is 28.8. The molecule has 1 rings (SSSR count). The topological polar surface area (TPSA) is 87.7 Å². The van der Waals surface area contributed by atoms with E-state index in [0.717, 1.165) is 19.3 Å². The van der Waals surface area contributed by atoms with E-state index in [0.29, 0.717) is 25.8 Å². The summed E-state index contributed by atoms with van der Waals surface area (Å²) in [6, 6.07) is 0.125. The van der Waals surface area contributed by atoms with Gasteiger partial charge >= 0.3 is 6.09 Å². The second-order valence-electron chi connectivity index (χ2n) is 10.1. The number of rotatable bonds is 4. The zero-order valence-electron chi connectivity index (χ0n) is 21.3. The molecule has 7 nitrogen and oxygen atoms in total. The quantitative estimate of drug-likeness (QED) is 0.631. The average Bonchev–Trinajstić information content (AvgIpc) is 2.71. The number of ketones is 2. The molecule has 0 radical (unpaired) electrons. The van der Waals surface area contributed by atoms with E-state index in [1.54, 1.807) is 11.9 Å². The molecule has 1 aliphatic rings. The van der Waals surface area contributed by atoms with Crippen LogP contribution in [-0.2, 0) is 14.3 Å². The van der Waals surface area contributed by atoms with Crippen molar-refractivity contribution in [3.05, 3.63) is 12.2 Å². The predicted octanol–water partition coefficient (Wildman–Crippen LogP) is 3.86. The van der Waals surface area contributed by atoms with Crippen LogP contribution in [0, 0.1) is 5.92 Å². The highest BCUT2D eigenvalue weighted by Crippen LogP contribution is 2.22. The number of allylic oxidation sites excluding steroid dienone is 1. The highest BCUT2D eigenvalue weighted by Gasteiger charge is 2.38. The summed E-state index contributed by atoms with van der Waals surface area (Å²) in [5, 5.41) is 6.75. The number of nitrogens with zero attached hydrogens (tertiary/aromatic N) is 1. The molecule has 32 heavy (non-hydrogen) atoms. The number of cyclic esters (lactones) is 1. The smallest absolute Gasteiger partial charge is 0.409 e. The summed E-state index contributed by atoms with van der Waals surface area (Å²) in [6.45, 7) is 12.6. The number of hydrogen-bond donors (Lipinski definition) is 2. The molecule has 0 aliphatic carbocycles. The van der Waals surface area contributed by atoms with Gasteiger partial charge in [0, 0.05) is 25.6 Å². The number of ether oxygens (including phenoxy) is 1. The fourth-order valence-electron chi connectivity index (χ4n) is 4.25. The minimum atomic E-state index is -0.748. The standard InChI is InChI=1S/C25H45N3O4/c1-19(2)22(30)25(6)14-11-9-8-10-12-17-32-23(31)28(7)16-13-15-24(5,27-20(3)4)21(29)18-26-25/h10,12,19-20,26-27H,8-9,11,13-18H2,1-7H3/b12-10+/t24-,25+/m1/s1. The summed E-state index contributed by atoms with van der Waals surface area (Å²) in [5.41, 5.74) is -1.48. The van der Waals surface area contributed by atoms with Crippen molar-refractivity contribution >= 4 is 17.7 Å². The Morgan fingerprint density at radius 1 is 1.09 bits per heavy atom. The number of hydrogen-bond acceptors (Lipinski definition) is 6. The van der Waals surface area contributed by atoms with Gasteiger partial charge in [-0.15, -0.1) is 0 Å². The monoisotopic (exact) mass is 451 g/mol. The highest BCUT2D eigenvalue weighted by atomic mass is 16.6. The Bertz CT molecular complexity index is 662. The number of nitrogens with one attached hydrogen (secondary N) is 2. The fraction of sp³-hybridized carbons (Fsp3) is 0.800. The summed E-state index contributed by atoms with van der Waals surface area (Å²) in [4.78, 5) is 40.0. The molecule has 0 bridgehead atoms. The van der Waals surface area contributed by atoms with Crippen LogP contribution in [0.2, 0.25) is 0 Å². The van der Waals surface area contributed by atoms with E-state index in [2.05, 4.69) is 10.6 Å². The molecule has 1 heterocycles. The van der Waals surface area contributed by atoms with Gasteiger partial charge < -0.3 is 15.0 Å². The molecule has 7 heteroatoms. The third-order valence-electron chi connectivity index (χ3n) is 6.18. The van der Waals surface area contributed by atoms with Crippen molar-refractivity contribution in [2.45, 2.75) is 97.2 Å². The molecule has 1 amide bonds. The molecule has 184 valence electrons. The van der Waals surface area contributed by atoms with Gasteiger partial charge in [0.1, 0.15) is 6.61 Å². The molecular formula is C25H45N3O4. The zero-order chi connectivity index (χ0) is 24.4. The molecule has 0 aromatic heterocycles. The Kier molecular flexibility index (Phi) is 11.6. The van der Waals surface area contributed by atoms with E-state index in [-0.39, 0.29) is 42.8 Å². The van der Waals surface area contributed by atoms with E-state index in [4.69, 9.17) is 4.74 Å². The van der Waals surface area contributed by atoms with Crippen LogP contribution in [0.3, 0.4) is 0 Å². The lowest BCUT2D eigenvalue weighted by Crippen LogP contribution is -2.59. The van der Waals surface area contributed by atoms with Crippen LogP contribution in [0.1, 0.15) is 80.1 Å². The van der Waals surface area contributed by atoms with Crippen molar-refractivity contribution < 1.29 is 19.1 Å². The van der Waals surface area contributed by atoms with Gasteiger partial charge in [0.2, 0.25) is 0 Å². The van der Waals surface area contributed by atoms with Gasteiger partial charge in [-0.1, -0.05) is 32.4 Å². The van der Waals surface area contributed by atoms with Crippen LogP contribution in [-0.4, -0.2) is 66.4 Å². The van der Waals surface area contributed by atoms with Crippen LogP contribution < -0.4 is 10.6 Å². The molecule has 2 atom stereocenters. The maximum atomic E-state index is 13.3. The average molecular weight is 452 g/mol. The van der Waals surface area contributed by atoms with Gasteiger partial charge in [-0.3, -0.25) is 14.9 Å². The molecule has 1 aliphatic heterocycles. The van der Waals surface area contributed by atoms with Crippen molar-refractivity contribution in [1.29, 1.82) is 0 Å². The molecule has 0 unspecified atom stereocenters. The zero-order valence-corrected chi connectivity index (χ0v) is 21.3. The molecule has 0 spiro atoms. The van der Waals surface area contributed by atoms with E-state index >= 15 is 0 Å². The van der Waals surface area contributed by atoms with Gasteiger partial charge in [0.15, 0.2) is 11.6 Å². The maximum absolute atomic E-state index is 13.3. The summed E-state index contributed by atoms with van der Waals surface area (Å²) >= 11 is 0. The lowest BCUT2D eigenvalue weighted by atomic mass is 9.83. The highest BCUT2D eigenvalue weighted by molar-refractivity contribution is 5.93. The third-order valence-corrected chi connectivity index (χ3v) is 6.18. The first-order chi connectivity index (χ1) is 14.9. The molecular weight excluding hydrogens is 406 g/mol. The lowest BCUT2D eigenvalue weighted by Gasteiger charge is -2.35. The van der Waals surface area contributed by atoms with Gasteiger partial charge in [0.25, 0.3) is 0 Å². The third kappa shape index (κ3) is 9.02. The van der Waals surface area contributed by atoms with E-state index in [9.17, 15) is 14.4 Å². The van der Waals surface area contributed by atoms with Crippen LogP contribution in [0.25, 0.3) is 0 Å². The summed E-state index contributed by atoms with van der Waals surface area (Å²) < 4.78 is 5.29. The Morgan fingerprint density at radius 3 is 2.41 bits per heavy atom. The van der Waals surface area contributed by atoms with Crippen LogP contribution in [0.15, 0.2) is 12.2 Å². The molecule has 0 aromatic carbocycles. The minimum Gasteiger partial charge on any atom is -0.445 e. The molecule has 2 N–H and O–H groups in total. The van der Waals surface area contributed by atoms with Crippen LogP contribution in [0.4, 0.5) is 4.79 Å². The molecule has 0 saturated carbocycles. The number of carbonyl (C=O) groups is 3. The van der Waals surface area contributed by atoms with Crippen molar-refractivity contribution in [2.75, 3.05) is 26.7 Å². The van der Waals surface area contributed by atoms with Gasteiger partial charge in [-0.2, -0.15) is 0 Å². The second kappa shape index (κ2) is 13.1. The molecule has 0 saturated heterocycles. The van der Waals surface area contributed by atoms with Crippen molar-refractivity contribution in [2.24, 2.45) is 5.92 Å². The predicted molar refractivity (Wildman–Crippen MR) is 129 cm³/mol. The Hall–Kier alpha value is -1.73. The SMILES string of the molecule is CC(C)N[C@]1(C)CCCN(C)C(=O)OC/C=C/CCCC[C@@](C)(C(=O)C(C)C)NCC1=O. The first-order valence-corrected chi connectivity index (χ1v) is 12.0. The van der Waals surface area contributed by atoms with Crippen LogP contribution >= 0.6 is 0 Å². The fourth-order valence-corrected chi connectivity index (χ4v) is 4.25. The van der Waals surface area contributed by atoms with Crippen LogP contribution in [0.5, 0.6) is 0 Å². The Morgan fingerprint density at radius 2 is 1.78 bits per heavy atom. The van der Waals surface area contributed by atoms with Gasteiger partial charge in [-0.05, 0) is 59.8 Å². The van der Waals surface area contributed by atoms with Gasteiger partial charge in [-0.25, -0.2) is 4.79 Å². The summed E-state index contributed by atoms with van der Waals surface area (Å²) in [7, 11) is 1.71.